The molecule has 0 unspecified atom stereocenters. The van der Waals surface area contributed by atoms with Gasteiger partial charge < -0.3 is 9.32 Å². The molecule has 0 aliphatic carbocycles. The highest BCUT2D eigenvalue weighted by Crippen LogP contribution is 2.24. The van der Waals surface area contributed by atoms with Gasteiger partial charge >= 0.3 is 0 Å². The van der Waals surface area contributed by atoms with Crippen molar-refractivity contribution in [2.75, 3.05) is 31.1 Å². The number of nitrogens with zero attached hydrogens (tertiary/aromatic N) is 2. The molecule has 1 saturated heterocycles. The van der Waals surface area contributed by atoms with E-state index in [0.29, 0.717) is 42.0 Å². The molecule has 0 radical (unpaired) electrons. The number of carbonyl (C=O) groups excluding carboxylic acids is 1. The number of furan rings is 1. The molecular formula is C14H14Cl2N3O2+. The zero-order chi connectivity index (χ0) is 14.8. The number of anilines is 1. The molecule has 1 aliphatic heterocycles. The van der Waals surface area contributed by atoms with E-state index in [2.05, 4.69) is 9.88 Å². The van der Waals surface area contributed by atoms with E-state index >= 15 is 0 Å². The number of hydrogen-bond acceptors (Lipinski definition) is 3. The molecule has 21 heavy (non-hydrogen) atoms. The zero-order valence-corrected chi connectivity index (χ0v) is 12.7. The normalized spacial score (nSPS) is 15.3. The van der Waals surface area contributed by atoms with Gasteiger partial charge in [0.1, 0.15) is 24.3 Å². The minimum Gasteiger partial charge on any atom is -0.459 e. The lowest BCUT2D eigenvalue weighted by Gasteiger charge is -2.30. The van der Waals surface area contributed by atoms with Crippen molar-refractivity contribution in [3.63, 3.8) is 0 Å². The van der Waals surface area contributed by atoms with Crippen LogP contribution < -0.4 is 9.88 Å². The number of aromatic nitrogens is 1. The van der Waals surface area contributed by atoms with E-state index in [-0.39, 0.29) is 5.91 Å². The number of aromatic amines is 1. The van der Waals surface area contributed by atoms with Crippen LogP contribution in [0.3, 0.4) is 0 Å². The number of carbonyl (C=O) groups is 1. The number of rotatable bonds is 2. The Labute approximate surface area is 132 Å². The van der Waals surface area contributed by atoms with Gasteiger partial charge in [0, 0.05) is 0 Å². The maximum Gasteiger partial charge on any atom is 0.293 e. The van der Waals surface area contributed by atoms with Crippen LogP contribution in [0, 0.1) is 0 Å². The second-order valence-corrected chi connectivity index (χ2v) is 5.61. The van der Waals surface area contributed by atoms with Gasteiger partial charge in [-0.3, -0.25) is 9.69 Å². The molecule has 0 saturated carbocycles. The number of piperazine rings is 1. The maximum absolute atomic E-state index is 12.2. The summed E-state index contributed by atoms with van der Waals surface area (Å²) in [5.41, 5.74) is 0. The molecule has 5 nitrogen and oxygen atoms in total. The topological polar surface area (TPSA) is 50.8 Å². The van der Waals surface area contributed by atoms with Crippen LogP contribution in [-0.4, -0.2) is 37.0 Å². The third-order valence-corrected chi connectivity index (χ3v) is 3.96. The van der Waals surface area contributed by atoms with Gasteiger partial charge in [0.05, 0.1) is 24.4 Å². The molecule has 1 aliphatic rings. The summed E-state index contributed by atoms with van der Waals surface area (Å²) in [6.07, 6.45) is 3.20. The third kappa shape index (κ3) is 2.99. The fourth-order valence-electron chi connectivity index (χ4n) is 2.37. The van der Waals surface area contributed by atoms with Crippen LogP contribution in [0.5, 0.6) is 0 Å². The Morgan fingerprint density at radius 2 is 2.00 bits per heavy atom. The fraction of sp³-hybridized carbons (Fsp3) is 0.286. The number of pyridine rings is 1. The molecule has 0 atom stereocenters. The van der Waals surface area contributed by atoms with Crippen molar-refractivity contribution in [1.29, 1.82) is 0 Å². The van der Waals surface area contributed by atoms with Crippen molar-refractivity contribution < 1.29 is 14.2 Å². The number of hydrogen-bond donors (Lipinski definition) is 0. The van der Waals surface area contributed by atoms with E-state index in [1.165, 1.54) is 6.26 Å². The van der Waals surface area contributed by atoms with Crippen molar-refractivity contribution in [1.82, 2.24) is 4.90 Å². The standard InChI is InChI=1S/C14H13Cl2N3O2/c15-10-8-11(16)13(17-9-10)18-3-5-19(6-4-18)14(20)12-2-1-7-21-12/h1-2,7-9H,3-6H2/p+1. The molecule has 2 aromatic heterocycles. The fourth-order valence-corrected chi connectivity index (χ4v) is 2.88. The molecule has 0 bridgehead atoms. The number of H-pyrrole nitrogens is 1. The summed E-state index contributed by atoms with van der Waals surface area (Å²) in [5.74, 6) is 1.12. The van der Waals surface area contributed by atoms with Gasteiger partial charge in [-0.1, -0.05) is 23.2 Å². The Hall–Kier alpha value is -1.72. The molecule has 110 valence electrons. The summed E-state index contributed by atoms with van der Waals surface area (Å²) in [6.45, 7) is 2.63. The van der Waals surface area contributed by atoms with Crippen LogP contribution in [0.2, 0.25) is 10.0 Å². The molecule has 1 N–H and O–H groups in total. The molecule has 0 aromatic carbocycles. The third-order valence-electron chi connectivity index (χ3n) is 3.45. The molecule has 1 fully saturated rings. The number of amides is 1. The average molecular weight is 327 g/mol. The summed E-state index contributed by atoms with van der Waals surface area (Å²) in [4.78, 5) is 19.1. The zero-order valence-electron chi connectivity index (χ0n) is 11.2. The smallest absolute Gasteiger partial charge is 0.293 e. The maximum atomic E-state index is 12.2. The summed E-state index contributed by atoms with van der Waals surface area (Å²) in [7, 11) is 0. The first-order valence-electron chi connectivity index (χ1n) is 6.59. The molecule has 1 amide bonds. The van der Waals surface area contributed by atoms with Gasteiger partial charge in [0.2, 0.25) is 0 Å². The van der Waals surface area contributed by atoms with E-state index in [4.69, 9.17) is 27.6 Å². The predicted octanol–water partition coefficient (Wildman–Crippen LogP) is 2.36. The first-order valence-corrected chi connectivity index (χ1v) is 7.35. The van der Waals surface area contributed by atoms with E-state index in [0.717, 1.165) is 5.82 Å². The van der Waals surface area contributed by atoms with E-state index < -0.39 is 0 Å². The van der Waals surface area contributed by atoms with Gasteiger partial charge in [-0.2, -0.15) is 0 Å². The van der Waals surface area contributed by atoms with Gasteiger partial charge in [0.15, 0.2) is 5.76 Å². The monoisotopic (exact) mass is 326 g/mol. The van der Waals surface area contributed by atoms with Crippen LogP contribution in [0.4, 0.5) is 5.82 Å². The average Bonchev–Trinajstić information content (AvgIpc) is 3.01. The Morgan fingerprint density at radius 3 is 2.62 bits per heavy atom. The highest BCUT2D eigenvalue weighted by atomic mass is 35.5. The van der Waals surface area contributed by atoms with E-state index in [1.54, 1.807) is 29.3 Å². The highest BCUT2D eigenvalue weighted by molar-refractivity contribution is 6.35. The van der Waals surface area contributed by atoms with E-state index in [1.807, 2.05) is 0 Å². The predicted molar refractivity (Wildman–Crippen MR) is 79.8 cm³/mol. The first-order chi connectivity index (χ1) is 10.1. The van der Waals surface area contributed by atoms with E-state index in [9.17, 15) is 4.79 Å². The number of nitrogens with one attached hydrogen (secondary N) is 1. The van der Waals surface area contributed by atoms with Crippen molar-refractivity contribution in [3.05, 3.63) is 46.5 Å². The molecular weight excluding hydrogens is 313 g/mol. The molecule has 7 heteroatoms. The van der Waals surface area contributed by atoms with Crippen molar-refractivity contribution in [2.24, 2.45) is 0 Å². The van der Waals surface area contributed by atoms with Gasteiger partial charge in [-0.15, -0.1) is 0 Å². The summed E-state index contributed by atoms with van der Waals surface area (Å²) in [5, 5.41) is 1.14. The molecule has 2 aromatic rings. The number of halogens is 2. The Morgan fingerprint density at radius 1 is 1.24 bits per heavy atom. The quantitative estimate of drug-likeness (QED) is 0.851. The van der Waals surface area contributed by atoms with Crippen LogP contribution in [-0.2, 0) is 0 Å². The Bertz CT molecular complexity index is 638. The van der Waals surface area contributed by atoms with Crippen LogP contribution in [0.15, 0.2) is 35.1 Å². The second-order valence-electron chi connectivity index (χ2n) is 4.77. The molecule has 3 rings (SSSR count). The van der Waals surface area contributed by atoms with Crippen molar-refractivity contribution in [3.8, 4) is 0 Å². The van der Waals surface area contributed by atoms with Crippen molar-refractivity contribution >= 4 is 34.9 Å². The highest BCUT2D eigenvalue weighted by Gasteiger charge is 2.29. The molecule has 0 spiro atoms. The summed E-state index contributed by atoms with van der Waals surface area (Å²) >= 11 is 12.1. The van der Waals surface area contributed by atoms with Gasteiger partial charge in [0.25, 0.3) is 11.7 Å². The van der Waals surface area contributed by atoms with Crippen LogP contribution in [0.25, 0.3) is 0 Å². The van der Waals surface area contributed by atoms with Gasteiger partial charge in [-0.05, 0) is 18.2 Å². The lowest BCUT2D eigenvalue weighted by atomic mass is 10.2. The minimum absolute atomic E-state index is 0.0779. The van der Waals surface area contributed by atoms with Gasteiger partial charge in [-0.25, -0.2) is 4.98 Å². The largest absolute Gasteiger partial charge is 0.459 e. The van der Waals surface area contributed by atoms with Crippen LogP contribution >= 0.6 is 23.2 Å². The summed E-state index contributed by atoms with van der Waals surface area (Å²) < 4.78 is 5.15. The lowest BCUT2D eigenvalue weighted by Crippen LogP contribution is -2.50. The Balaban J connectivity index is 1.66. The van der Waals surface area contributed by atoms with Crippen LogP contribution in [0.1, 0.15) is 10.6 Å². The second kappa shape index (κ2) is 5.95. The lowest BCUT2D eigenvalue weighted by molar-refractivity contribution is -0.364. The summed E-state index contributed by atoms with van der Waals surface area (Å²) in [6, 6.07) is 5.10. The minimum atomic E-state index is -0.0779. The van der Waals surface area contributed by atoms with Crippen molar-refractivity contribution in [2.45, 2.75) is 0 Å². The Kier molecular flexibility index (Phi) is 4.03. The SMILES string of the molecule is O=C(c1ccco1)N1CCN(c2[nH+]cc(Cl)cc2Cl)CC1. The molecule has 3 heterocycles. The first kappa shape index (κ1) is 14.2.